The van der Waals surface area contributed by atoms with E-state index >= 15 is 0 Å². The van der Waals surface area contributed by atoms with Crippen LogP contribution in [-0.4, -0.2) is 24.3 Å². The molecule has 1 aliphatic heterocycles. The molecule has 0 bridgehead atoms. The number of rotatable bonds is 6. The van der Waals surface area contributed by atoms with Crippen LogP contribution in [0, 0.1) is 24.7 Å². The summed E-state index contributed by atoms with van der Waals surface area (Å²) in [6.45, 7) is 2.56. The fourth-order valence-electron chi connectivity index (χ4n) is 4.67. The molecule has 2 aromatic rings. The van der Waals surface area contributed by atoms with E-state index in [1.54, 1.807) is 7.11 Å². The van der Waals surface area contributed by atoms with Gasteiger partial charge in [-0.3, -0.25) is 4.79 Å². The molecule has 5 nitrogen and oxygen atoms in total. The number of methoxy groups -OCH3 is 1. The van der Waals surface area contributed by atoms with Crippen LogP contribution in [0.2, 0.25) is 0 Å². The van der Waals surface area contributed by atoms with Gasteiger partial charge in [0, 0.05) is 17.9 Å². The Morgan fingerprint density at radius 2 is 2.00 bits per heavy atom. The summed E-state index contributed by atoms with van der Waals surface area (Å²) in [5.74, 6) is 1.77. The Labute approximate surface area is 175 Å². The number of allylic oxidation sites excluding steroid dienone is 3. The molecular formula is C25H24O5. The SMILES string of the molecule is COc1ccc(-c2ccc(COC3=CCC4C(=C3)O[C@H]3[C@H](C(=O)O)[C@@H]43)cc2)c(C)c1. The van der Waals surface area contributed by atoms with E-state index in [4.69, 9.17) is 14.2 Å². The fourth-order valence-corrected chi connectivity index (χ4v) is 4.67. The first-order chi connectivity index (χ1) is 14.5. The summed E-state index contributed by atoms with van der Waals surface area (Å²) in [6.07, 6.45) is 4.60. The maximum Gasteiger partial charge on any atom is 0.310 e. The third kappa shape index (κ3) is 3.24. The van der Waals surface area contributed by atoms with E-state index in [0.29, 0.717) is 6.61 Å². The lowest BCUT2D eigenvalue weighted by molar-refractivity contribution is -0.140. The summed E-state index contributed by atoms with van der Waals surface area (Å²) < 4.78 is 17.1. The summed E-state index contributed by atoms with van der Waals surface area (Å²) in [4.78, 5) is 11.2. The minimum atomic E-state index is -0.747. The normalized spacial score (nSPS) is 25.9. The molecule has 2 aromatic carbocycles. The number of aliphatic carboxylic acids is 1. The van der Waals surface area contributed by atoms with E-state index in [-0.39, 0.29) is 23.9 Å². The van der Waals surface area contributed by atoms with Crippen LogP contribution in [0.1, 0.15) is 17.5 Å². The van der Waals surface area contributed by atoms with Gasteiger partial charge in [-0.25, -0.2) is 0 Å². The highest BCUT2D eigenvalue weighted by atomic mass is 16.5. The van der Waals surface area contributed by atoms with Gasteiger partial charge in [0.1, 0.15) is 35.9 Å². The second-order valence-corrected chi connectivity index (χ2v) is 8.19. The minimum Gasteiger partial charge on any atom is -0.497 e. The zero-order valence-corrected chi connectivity index (χ0v) is 17.0. The van der Waals surface area contributed by atoms with Gasteiger partial charge in [0.05, 0.1) is 7.11 Å². The molecule has 0 spiro atoms. The zero-order valence-electron chi connectivity index (χ0n) is 17.0. The van der Waals surface area contributed by atoms with Crippen LogP contribution >= 0.6 is 0 Å². The highest BCUT2D eigenvalue weighted by Crippen LogP contribution is 2.59. The van der Waals surface area contributed by atoms with Crippen LogP contribution in [0.5, 0.6) is 5.75 Å². The number of aryl methyl sites for hydroxylation is 1. The molecule has 3 aliphatic rings. The molecule has 4 atom stereocenters. The number of hydrogen-bond acceptors (Lipinski definition) is 4. The van der Waals surface area contributed by atoms with E-state index in [1.807, 2.05) is 24.3 Å². The van der Waals surface area contributed by atoms with Crippen molar-refractivity contribution in [3.05, 3.63) is 77.3 Å². The van der Waals surface area contributed by atoms with Gasteiger partial charge in [0.15, 0.2) is 0 Å². The van der Waals surface area contributed by atoms with Crippen molar-refractivity contribution in [1.82, 2.24) is 0 Å². The van der Waals surface area contributed by atoms with E-state index in [9.17, 15) is 9.90 Å². The van der Waals surface area contributed by atoms with Crippen molar-refractivity contribution in [3.8, 4) is 16.9 Å². The van der Waals surface area contributed by atoms with Gasteiger partial charge < -0.3 is 19.3 Å². The molecule has 2 fully saturated rings. The second-order valence-electron chi connectivity index (χ2n) is 8.19. The summed E-state index contributed by atoms with van der Waals surface area (Å²) in [5, 5.41) is 9.20. The largest absolute Gasteiger partial charge is 0.497 e. The highest BCUT2D eigenvalue weighted by Gasteiger charge is 2.66. The van der Waals surface area contributed by atoms with E-state index < -0.39 is 5.97 Å². The molecule has 1 saturated carbocycles. The van der Waals surface area contributed by atoms with Crippen molar-refractivity contribution in [2.75, 3.05) is 7.11 Å². The Kier molecular flexibility index (Phi) is 4.54. The number of hydrogen-bond donors (Lipinski definition) is 1. The smallest absolute Gasteiger partial charge is 0.310 e. The third-order valence-corrected chi connectivity index (χ3v) is 6.36. The van der Waals surface area contributed by atoms with E-state index in [2.05, 4.69) is 37.3 Å². The molecule has 154 valence electrons. The van der Waals surface area contributed by atoms with Crippen LogP contribution < -0.4 is 4.74 Å². The van der Waals surface area contributed by atoms with Crippen molar-refractivity contribution in [3.63, 3.8) is 0 Å². The van der Waals surface area contributed by atoms with Crippen LogP contribution in [0.25, 0.3) is 11.1 Å². The highest BCUT2D eigenvalue weighted by molar-refractivity contribution is 5.76. The summed E-state index contributed by atoms with van der Waals surface area (Å²) in [5.41, 5.74) is 4.61. The number of fused-ring (bicyclic) bond motifs is 3. The Bertz CT molecular complexity index is 1050. The Balaban J connectivity index is 1.20. The molecule has 0 amide bonds. The molecule has 5 rings (SSSR count). The first-order valence-corrected chi connectivity index (χ1v) is 10.2. The van der Waals surface area contributed by atoms with Gasteiger partial charge >= 0.3 is 5.97 Å². The lowest BCUT2D eigenvalue weighted by atomic mass is 9.92. The third-order valence-electron chi connectivity index (χ3n) is 6.36. The molecule has 1 unspecified atom stereocenters. The zero-order chi connectivity index (χ0) is 20.8. The van der Waals surface area contributed by atoms with Gasteiger partial charge in [-0.2, -0.15) is 0 Å². The maximum absolute atomic E-state index is 11.2. The summed E-state index contributed by atoms with van der Waals surface area (Å²) in [6, 6.07) is 14.5. The van der Waals surface area contributed by atoms with Crippen LogP contribution in [0.4, 0.5) is 0 Å². The number of carbonyl (C=O) groups is 1. The Morgan fingerprint density at radius 1 is 1.20 bits per heavy atom. The molecule has 2 aliphatic carbocycles. The van der Waals surface area contributed by atoms with Crippen LogP contribution in [-0.2, 0) is 20.9 Å². The number of ether oxygens (including phenoxy) is 3. The second kappa shape index (κ2) is 7.24. The average molecular weight is 404 g/mol. The van der Waals surface area contributed by atoms with Crippen LogP contribution in [0.3, 0.4) is 0 Å². The Hall–Kier alpha value is -3.21. The molecule has 1 saturated heterocycles. The standard InChI is InChI=1S/C25H24O5/c1-14-11-17(28-2)7-9-19(14)16-5-3-15(4-6-16)13-29-18-8-10-20-21(12-18)30-24-22(20)23(24)25(26)27/h3-9,11-12,20,22-24H,10,13H2,1-2H3,(H,26,27)/t20?,22-,23-,24-/m1/s1. The minimum absolute atomic E-state index is 0.125. The summed E-state index contributed by atoms with van der Waals surface area (Å²) in [7, 11) is 1.68. The number of carboxylic acids is 1. The topological polar surface area (TPSA) is 65.0 Å². The predicted molar refractivity (Wildman–Crippen MR) is 112 cm³/mol. The number of carboxylic acid groups (broad SMARTS) is 1. The lowest BCUT2D eigenvalue weighted by Gasteiger charge is -2.20. The lowest BCUT2D eigenvalue weighted by Crippen LogP contribution is -2.15. The average Bonchev–Trinajstić information content (AvgIpc) is 3.35. The monoisotopic (exact) mass is 404 g/mol. The van der Waals surface area contributed by atoms with E-state index in [0.717, 1.165) is 34.8 Å². The van der Waals surface area contributed by atoms with Gasteiger partial charge in [-0.15, -0.1) is 0 Å². The van der Waals surface area contributed by atoms with Gasteiger partial charge in [-0.1, -0.05) is 30.3 Å². The molecule has 1 heterocycles. The van der Waals surface area contributed by atoms with Crippen molar-refractivity contribution in [2.45, 2.75) is 26.1 Å². The Morgan fingerprint density at radius 3 is 2.70 bits per heavy atom. The van der Waals surface area contributed by atoms with E-state index in [1.165, 1.54) is 11.1 Å². The predicted octanol–water partition coefficient (Wildman–Crippen LogP) is 4.70. The summed E-state index contributed by atoms with van der Waals surface area (Å²) >= 11 is 0. The fraction of sp³-hybridized carbons (Fsp3) is 0.320. The molecule has 0 aromatic heterocycles. The van der Waals surface area contributed by atoms with Gasteiger partial charge in [0.2, 0.25) is 0 Å². The number of benzene rings is 2. The quantitative estimate of drug-likeness (QED) is 0.756. The van der Waals surface area contributed by atoms with Crippen molar-refractivity contribution in [2.24, 2.45) is 17.8 Å². The first-order valence-electron chi connectivity index (χ1n) is 10.2. The van der Waals surface area contributed by atoms with Crippen molar-refractivity contribution >= 4 is 5.97 Å². The maximum atomic E-state index is 11.2. The molecular weight excluding hydrogens is 380 g/mol. The van der Waals surface area contributed by atoms with Gasteiger partial charge in [-0.05, 0) is 53.8 Å². The van der Waals surface area contributed by atoms with Gasteiger partial charge in [0.25, 0.3) is 0 Å². The first kappa shape index (κ1) is 18.8. The van der Waals surface area contributed by atoms with Crippen molar-refractivity contribution < 1.29 is 24.1 Å². The molecule has 0 radical (unpaired) electrons. The molecule has 30 heavy (non-hydrogen) atoms. The van der Waals surface area contributed by atoms with Crippen LogP contribution in [0.15, 0.2) is 66.1 Å². The molecule has 1 N–H and O–H groups in total. The van der Waals surface area contributed by atoms with Crippen molar-refractivity contribution in [1.29, 1.82) is 0 Å². The molecule has 5 heteroatoms.